The third kappa shape index (κ3) is 4.94. The van der Waals surface area contributed by atoms with Crippen LogP contribution in [0.5, 0.6) is 5.75 Å². The van der Waals surface area contributed by atoms with Crippen LogP contribution < -0.4 is 4.90 Å². The van der Waals surface area contributed by atoms with E-state index < -0.39 is 0 Å². The number of nitrogens with zero attached hydrogens (tertiary/aromatic N) is 1. The van der Waals surface area contributed by atoms with Crippen LogP contribution >= 0.6 is 11.3 Å². The number of fused-ring (bicyclic) bond motifs is 3. The molecular weight excluding hydrogens is 567 g/mol. The van der Waals surface area contributed by atoms with Crippen LogP contribution in [-0.2, 0) is 0 Å². The maximum Gasteiger partial charge on any atom is 0.125 e. The topological polar surface area (TPSA) is 23.5 Å². The first-order valence-corrected chi connectivity index (χ1v) is 15.9. The lowest BCUT2D eigenvalue weighted by atomic mass is 9.97. The Hall–Kier alpha value is -5.64. The van der Waals surface area contributed by atoms with Gasteiger partial charge in [0, 0.05) is 37.0 Å². The highest BCUT2D eigenvalue weighted by atomic mass is 32.1. The van der Waals surface area contributed by atoms with Gasteiger partial charge >= 0.3 is 0 Å². The van der Waals surface area contributed by atoms with Gasteiger partial charge in [-0.25, -0.2) is 0 Å². The minimum Gasteiger partial charge on any atom is -0.507 e. The van der Waals surface area contributed by atoms with Crippen LogP contribution in [0.2, 0.25) is 0 Å². The lowest BCUT2D eigenvalue weighted by Crippen LogP contribution is -2.12. The normalized spacial score (nSPS) is 11.2. The number of phenolic OH excluding ortho intramolecular Hbond substituents is 1. The molecule has 8 aromatic rings. The zero-order valence-electron chi connectivity index (χ0n) is 24.5. The molecule has 0 amide bonds. The molecular formula is C42H29NOS. The molecule has 0 aliphatic heterocycles. The molecule has 45 heavy (non-hydrogen) atoms. The van der Waals surface area contributed by atoms with Gasteiger partial charge in [0.2, 0.25) is 0 Å². The van der Waals surface area contributed by atoms with Crippen molar-refractivity contribution in [2.24, 2.45) is 0 Å². The fraction of sp³-hybridized carbons (Fsp3) is 0. The molecule has 0 aliphatic carbocycles. The van der Waals surface area contributed by atoms with E-state index in [1.54, 1.807) is 6.07 Å². The summed E-state index contributed by atoms with van der Waals surface area (Å²) in [6.45, 7) is 0. The molecule has 1 heterocycles. The third-order valence-electron chi connectivity index (χ3n) is 8.39. The van der Waals surface area contributed by atoms with Crippen LogP contribution in [0.3, 0.4) is 0 Å². The summed E-state index contributed by atoms with van der Waals surface area (Å²) in [5, 5.41) is 13.9. The standard InChI is InChI=1S/C42H29NOS/c44-39-20-11-19-38(42(39)31-14-5-2-6-15-31)43(37-18-9-7-16-34(37)30-12-3-1-4-13-30)33-25-22-29(23-26-33)32-24-27-41-36(28-32)35-17-8-10-21-40(35)45-41/h1-28,44H. The summed E-state index contributed by atoms with van der Waals surface area (Å²) in [6, 6.07) is 59.0. The Morgan fingerprint density at radius 2 is 1.04 bits per heavy atom. The SMILES string of the molecule is Oc1cccc(N(c2ccc(-c3ccc4sc5ccccc5c4c3)cc2)c2ccccc2-c2ccccc2)c1-c1ccccc1. The van der Waals surface area contributed by atoms with Gasteiger partial charge in [-0.1, -0.05) is 121 Å². The van der Waals surface area contributed by atoms with Crippen molar-refractivity contribution in [3.8, 4) is 39.1 Å². The Bertz CT molecular complexity index is 2270. The maximum atomic E-state index is 11.3. The van der Waals surface area contributed by atoms with Crippen molar-refractivity contribution in [2.75, 3.05) is 4.90 Å². The quantitative estimate of drug-likeness (QED) is 0.207. The average Bonchev–Trinajstić information content (AvgIpc) is 3.48. The first-order valence-electron chi connectivity index (χ1n) is 15.1. The zero-order valence-corrected chi connectivity index (χ0v) is 25.3. The predicted octanol–water partition coefficient (Wildman–Crippen LogP) is 12.2. The van der Waals surface area contributed by atoms with Crippen molar-refractivity contribution in [3.05, 3.63) is 170 Å². The second-order valence-corrected chi connectivity index (χ2v) is 12.2. The molecule has 3 heteroatoms. The summed E-state index contributed by atoms with van der Waals surface area (Å²) in [6.07, 6.45) is 0. The third-order valence-corrected chi connectivity index (χ3v) is 9.54. The van der Waals surface area contributed by atoms with Crippen LogP contribution in [0, 0.1) is 0 Å². The van der Waals surface area contributed by atoms with Crippen molar-refractivity contribution in [1.82, 2.24) is 0 Å². The molecule has 0 aliphatic rings. The van der Waals surface area contributed by atoms with E-state index in [0.29, 0.717) is 0 Å². The Morgan fingerprint density at radius 3 is 1.84 bits per heavy atom. The minimum absolute atomic E-state index is 0.244. The lowest BCUT2D eigenvalue weighted by molar-refractivity contribution is 0.477. The van der Waals surface area contributed by atoms with Crippen molar-refractivity contribution in [2.45, 2.75) is 0 Å². The van der Waals surface area contributed by atoms with Gasteiger partial charge in [-0.05, 0) is 70.8 Å². The molecule has 0 spiro atoms. The van der Waals surface area contributed by atoms with Gasteiger partial charge in [0.1, 0.15) is 5.75 Å². The molecule has 0 radical (unpaired) electrons. The van der Waals surface area contributed by atoms with Gasteiger partial charge in [0.15, 0.2) is 0 Å². The monoisotopic (exact) mass is 595 g/mol. The number of para-hydroxylation sites is 1. The smallest absolute Gasteiger partial charge is 0.125 e. The van der Waals surface area contributed by atoms with E-state index in [-0.39, 0.29) is 5.75 Å². The van der Waals surface area contributed by atoms with Gasteiger partial charge in [-0.3, -0.25) is 0 Å². The number of hydrogen-bond acceptors (Lipinski definition) is 3. The van der Waals surface area contributed by atoms with Crippen LogP contribution in [0.15, 0.2) is 170 Å². The van der Waals surface area contributed by atoms with Gasteiger partial charge in [-0.15, -0.1) is 11.3 Å². The summed E-state index contributed by atoms with van der Waals surface area (Å²) in [5.41, 5.74) is 9.29. The number of hydrogen-bond donors (Lipinski definition) is 1. The van der Waals surface area contributed by atoms with Crippen molar-refractivity contribution < 1.29 is 5.11 Å². The Labute approximate surface area is 266 Å². The number of benzene rings is 7. The molecule has 2 nitrogen and oxygen atoms in total. The lowest BCUT2D eigenvalue weighted by Gasteiger charge is -2.30. The van der Waals surface area contributed by atoms with Crippen molar-refractivity contribution >= 4 is 48.6 Å². The van der Waals surface area contributed by atoms with E-state index >= 15 is 0 Å². The number of rotatable bonds is 6. The number of aromatic hydroxyl groups is 1. The van der Waals surface area contributed by atoms with Gasteiger partial charge in [0.25, 0.3) is 0 Å². The molecule has 1 N–H and O–H groups in total. The van der Waals surface area contributed by atoms with E-state index in [2.05, 4.69) is 126 Å². The fourth-order valence-corrected chi connectivity index (χ4v) is 7.35. The molecule has 1 aromatic heterocycles. The molecule has 7 aromatic carbocycles. The average molecular weight is 596 g/mol. The first kappa shape index (κ1) is 26.9. The second-order valence-electron chi connectivity index (χ2n) is 11.1. The van der Waals surface area contributed by atoms with E-state index in [1.165, 1.54) is 25.7 Å². The van der Waals surface area contributed by atoms with E-state index in [9.17, 15) is 5.11 Å². The predicted molar refractivity (Wildman–Crippen MR) is 192 cm³/mol. The molecule has 0 fully saturated rings. The fourth-order valence-electron chi connectivity index (χ4n) is 6.26. The molecule has 0 atom stereocenters. The number of thiophene rings is 1. The molecule has 0 saturated carbocycles. The zero-order chi connectivity index (χ0) is 30.2. The summed E-state index contributed by atoms with van der Waals surface area (Å²) in [7, 11) is 0. The van der Waals surface area contributed by atoms with Crippen LogP contribution in [0.4, 0.5) is 17.1 Å². The van der Waals surface area contributed by atoms with E-state index in [1.807, 2.05) is 53.8 Å². The molecule has 0 bridgehead atoms. The molecule has 0 saturated heterocycles. The molecule has 214 valence electrons. The van der Waals surface area contributed by atoms with Gasteiger partial charge in [0.05, 0.1) is 11.4 Å². The first-order chi connectivity index (χ1) is 22.2. The van der Waals surface area contributed by atoms with E-state index in [0.717, 1.165) is 44.9 Å². The Balaban J connectivity index is 1.30. The van der Waals surface area contributed by atoms with Crippen molar-refractivity contribution in [1.29, 1.82) is 0 Å². The van der Waals surface area contributed by atoms with E-state index in [4.69, 9.17) is 0 Å². The van der Waals surface area contributed by atoms with Gasteiger partial charge < -0.3 is 10.0 Å². The second kappa shape index (κ2) is 11.5. The number of phenols is 1. The minimum atomic E-state index is 0.244. The largest absolute Gasteiger partial charge is 0.507 e. The van der Waals surface area contributed by atoms with Gasteiger partial charge in [-0.2, -0.15) is 0 Å². The summed E-state index contributed by atoms with van der Waals surface area (Å²) < 4.78 is 2.62. The van der Waals surface area contributed by atoms with Crippen LogP contribution in [0.25, 0.3) is 53.6 Å². The highest BCUT2D eigenvalue weighted by molar-refractivity contribution is 7.25. The molecule has 0 unspecified atom stereocenters. The Kier molecular flexibility index (Phi) is 6.86. The summed E-state index contributed by atoms with van der Waals surface area (Å²) in [5.74, 6) is 0.244. The maximum absolute atomic E-state index is 11.3. The van der Waals surface area contributed by atoms with Crippen molar-refractivity contribution in [3.63, 3.8) is 0 Å². The summed E-state index contributed by atoms with van der Waals surface area (Å²) >= 11 is 1.84. The summed E-state index contributed by atoms with van der Waals surface area (Å²) in [4.78, 5) is 2.27. The Morgan fingerprint density at radius 1 is 0.422 bits per heavy atom. The van der Waals surface area contributed by atoms with Crippen LogP contribution in [-0.4, -0.2) is 5.11 Å². The molecule has 8 rings (SSSR count). The highest BCUT2D eigenvalue weighted by Crippen LogP contribution is 2.47. The van der Waals surface area contributed by atoms with Crippen LogP contribution in [0.1, 0.15) is 0 Å². The number of anilines is 3. The highest BCUT2D eigenvalue weighted by Gasteiger charge is 2.22.